The van der Waals surface area contributed by atoms with Crippen LogP contribution in [0.15, 0.2) is 60.8 Å². The molecule has 0 rings (SSSR count). The minimum absolute atomic E-state index is 0.0789. The molecule has 0 aromatic carbocycles. The van der Waals surface area contributed by atoms with Gasteiger partial charge in [-0.15, -0.1) is 0 Å². The molecule has 0 spiro atoms. The molecule has 0 fully saturated rings. The van der Waals surface area contributed by atoms with Crippen LogP contribution in [0, 0.1) is 0 Å². The van der Waals surface area contributed by atoms with Gasteiger partial charge in [0.05, 0.1) is 0 Å². The van der Waals surface area contributed by atoms with Gasteiger partial charge in [-0.1, -0.05) is 281 Å². The Hall–Kier alpha value is -2.89. The largest absolute Gasteiger partial charge is 0.462 e. The van der Waals surface area contributed by atoms with Gasteiger partial charge in [0.2, 0.25) is 0 Å². The maximum atomic E-state index is 12.8. The maximum Gasteiger partial charge on any atom is 0.306 e. The highest BCUT2D eigenvalue weighted by atomic mass is 16.6. The minimum Gasteiger partial charge on any atom is -0.462 e. The smallest absolute Gasteiger partial charge is 0.306 e. The zero-order valence-corrected chi connectivity index (χ0v) is 43.0. The first-order valence-corrected chi connectivity index (χ1v) is 27.9. The molecule has 6 nitrogen and oxygen atoms in total. The van der Waals surface area contributed by atoms with Gasteiger partial charge in [-0.3, -0.25) is 14.4 Å². The first-order valence-electron chi connectivity index (χ1n) is 27.9. The third-order valence-electron chi connectivity index (χ3n) is 12.1. The molecular formula is C59H104O6. The highest BCUT2D eigenvalue weighted by Gasteiger charge is 2.19. The van der Waals surface area contributed by atoms with E-state index in [-0.39, 0.29) is 31.1 Å². The Morgan fingerprint density at radius 1 is 0.308 bits per heavy atom. The van der Waals surface area contributed by atoms with E-state index < -0.39 is 6.10 Å². The molecule has 0 aliphatic carbocycles. The van der Waals surface area contributed by atoms with Crippen molar-refractivity contribution < 1.29 is 28.6 Å². The van der Waals surface area contributed by atoms with Gasteiger partial charge in [0.1, 0.15) is 13.2 Å². The summed E-state index contributed by atoms with van der Waals surface area (Å²) in [6, 6.07) is 0. The molecular weight excluding hydrogens is 805 g/mol. The second-order valence-electron chi connectivity index (χ2n) is 18.6. The first kappa shape index (κ1) is 62.1. The minimum atomic E-state index is -0.781. The highest BCUT2D eigenvalue weighted by Crippen LogP contribution is 2.16. The van der Waals surface area contributed by atoms with Crippen molar-refractivity contribution in [2.24, 2.45) is 0 Å². The van der Waals surface area contributed by atoms with Crippen LogP contribution in [0.2, 0.25) is 0 Å². The van der Waals surface area contributed by atoms with Crippen molar-refractivity contribution in [3.05, 3.63) is 60.8 Å². The van der Waals surface area contributed by atoms with E-state index in [0.29, 0.717) is 19.3 Å². The van der Waals surface area contributed by atoms with E-state index in [1.165, 1.54) is 154 Å². The summed E-state index contributed by atoms with van der Waals surface area (Å²) in [5, 5.41) is 0. The summed E-state index contributed by atoms with van der Waals surface area (Å²) in [5.41, 5.74) is 0. The van der Waals surface area contributed by atoms with Crippen molar-refractivity contribution in [2.75, 3.05) is 13.2 Å². The fourth-order valence-corrected chi connectivity index (χ4v) is 7.94. The standard InChI is InChI=1S/C59H104O6/c1-4-7-10-13-16-19-22-25-27-29-31-32-34-37-40-43-46-49-52-58(61)64-55-56(54-63-57(60)51-48-45-42-39-36-24-21-18-15-12-9-6-3)65-59(62)53-50-47-44-41-38-35-33-30-28-26-23-20-17-14-11-8-5-2/h10,13,16,19,22,25,27,29,31-32,56H,4-9,11-12,14-15,17-18,20-21,23-24,26,28,30,33-55H2,1-3H3/b13-10-,19-16-,25-22-,29-27-,32-31-. The molecule has 0 aromatic heterocycles. The third kappa shape index (κ3) is 51.9. The average Bonchev–Trinajstić information content (AvgIpc) is 3.30. The number of hydrogen-bond donors (Lipinski definition) is 0. The van der Waals surface area contributed by atoms with Crippen LogP contribution in [0.25, 0.3) is 0 Å². The predicted octanol–water partition coefficient (Wildman–Crippen LogP) is 18.4. The molecule has 0 aliphatic rings. The molecule has 0 saturated heterocycles. The van der Waals surface area contributed by atoms with Gasteiger partial charge in [-0.25, -0.2) is 0 Å². The predicted molar refractivity (Wildman–Crippen MR) is 279 cm³/mol. The Labute approximate surface area is 402 Å². The number of hydrogen-bond acceptors (Lipinski definition) is 6. The first-order chi connectivity index (χ1) is 32.0. The fraction of sp³-hybridized carbons (Fsp3) is 0.780. The average molecular weight is 909 g/mol. The maximum absolute atomic E-state index is 12.8. The Morgan fingerprint density at radius 2 is 0.585 bits per heavy atom. The number of rotatable bonds is 50. The summed E-state index contributed by atoms with van der Waals surface area (Å²) in [7, 11) is 0. The van der Waals surface area contributed by atoms with E-state index in [9.17, 15) is 14.4 Å². The van der Waals surface area contributed by atoms with Crippen LogP contribution < -0.4 is 0 Å². The second kappa shape index (κ2) is 53.7. The van der Waals surface area contributed by atoms with Crippen LogP contribution >= 0.6 is 0 Å². The van der Waals surface area contributed by atoms with Gasteiger partial charge < -0.3 is 14.2 Å². The lowest BCUT2D eigenvalue weighted by Crippen LogP contribution is -2.30. The van der Waals surface area contributed by atoms with Crippen molar-refractivity contribution in [1.82, 2.24) is 0 Å². The van der Waals surface area contributed by atoms with E-state index in [0.717, 1.165) is 83.5 Å². The summed E-state index contributed by atoms with van der Waals surface area (Å²) in [5.74, 6) is -0.893. The van der Waals surface area contributed by atoms with Crippen LogP contribution in [0.5, 0.6) is 0 Å². The van der Waals surface area contributed by atoms with Gasteiger partial charge in [-0.2, -0.15) is 0 Å². The van der Waals surface area contributed by atoms with Crippen LogP contribution in [0.4, 0.5) is 0 Å². The lowest BCUT2D eigenvalue weighted by Gasteiger charge is -2.18. The molecule has 0 amide bonds. The lowest BCUT2D eigenvalue weighted by atomic mass is 10.0. The second-order valence-corrected chi connectivity index (χ2v) is 18.6. The van der Waals surface area contributed by atoms with Crippen molar-refractivity contribution in [3.63, 3.8) is 0 Å². The molecule has 0 aromatic rings. The lowest BCUT2D eigenvalue weighted by molar-refractivity contribution is -0.167. The molecule has 0 saturated carbocycles. The Kier molecular flexibility index (Phi) is 51.3. The highest BCUT2D eigenvalue weighted by molar-refractivity contribution is 5.71. The molecule has 65 heavy (non-hydrogen) atoms. The van der Waals surface area contributed by atoms with Crippen molar-refractivity contribution >= 4 is 17.9 Å². The third-order valence-corrected chi connectivity index (χ3v) is 12.1. The summed E-state index contributed by atoms with van der Waals surface area (Å²) in [6.45, 7) is 6.55. The van der Waals surface area contributed by atoms with Crippen LogP contribution in [-0.2, 0) is 28.6 Å². The van der Waals surface area contributed by atoms with E-state index in [2.05, 4.69) is 57.2 Å². The van der Waals surface area contributed by atoms with E-state index in [4.69, 9.17) is 14.2 Å². The molecule has 0 radical (unpaired) electrons. The molecule has 0 heterocycles. The SMILES string of the molecule is CCC\C=C/C=C\C=C/C=C\C=C/CCCCCCCC(=O)OCC(COC(=O)CCCCCCCCCCCCCC)OC(=O)CCCCCCCCCCCCCCCCCCC. The van der Waals surface area contributed by atoms with Crippen LogP contribution in [0.1, 0.15) is 278 Å². The Bertz CT molecular complexity index is 1180. The van der Waals surface area contributed by atoms with Crippen LogP contribution in [0.3, 0.4) is 0 Å². The molecule has 376 valence electrons. The van der Waals surface area contributed by atoms with Crippen molar-refractivity contribution in [1.29, 1.82) is 0 Å². The molecule has 1 atom stereocenters. The van der Waals surface area contributed by atoms with Gasteiger partial charge >= 0.3 is 17.9 Å². The Balaban J connectivity index is 4.39. The number of allylic oxidation sites excluding steroid dienone is 10. The van der Waals surface area contributed by atoms with Crippen molar-refractivity contribution in [3.8, 4) is 0 Å². The van der Waals surface area contributed by atoms with Crippen LogP contribution in [-0.4, -0.2) is 37.2 Å². The molecule has 0 bridgehead atoms. The molecule has 0 N–H and O–H groups in total. The number of carbonyl (C=O) groups excluding carboxylic acids is 3. The molecule has 6 heteroatoms. The zero-order chi connectivity index (χ0) is 47.2. The molecule has 0 aliphatic heterocycles. The fourth-order valence-electron chi connectivity index (χ4n) is 7.94. The van der Waals surface area contributed by atoms with Gasteiger partial charge in [-0.05, 0) is 38.5 Å². The number of carbonyl (C=O) groups is 3. The van der Waals surface area contributed by atoms with E-state index in [1.807, 2.05) is 24.3 Å². The number of esters is 3. The Morgan fingerprint density at radius 3 is 0.923 bits per heavy atom. The monoisotopic (exact) mass is 909 g/mol. The summed E-state index contributed by atoms with van der Waals surface area (Å²) in [6.07, 6.45) is 66.3. The molecule has 1 unspecified atom stereocenters. The van der Waals surface area contributed by atoms with Gasteiger partial charge in [0.15, 0.2) is 6.10 Å². The normalized spacial score (nSPS) is 12.5. The van der Waals surface area contributed by atoms with Gasteiger partial charge in [0, 0.05) is 19.3 Å². The summed E-state index contributed by atoms with van der Waals surface area (Å²) < 4.78 is 16.8. The van der Waals surface area contributed by atoms with E-state index in [1.54, 1.807) is 0 Å². The van der Waals surface area contributed by atoms with Gasteiger partial charge in [0.25, 0.3) is 0 Å². The summed E-state index contributed by atoms with van der Waals surface area (Å²) >= 11 is 0. The summed E-state index contributed by atoms with van der Waals surface area (Å²) in [4.78, 5) is 38.1. The number of ether oxygens (including phenoxy) is 3. The van der Waals surface area contributed by atoms with E-state index >= 15 is 0 Å². The van der Waals surface area contributed by atoms with Crippen molar-refractivity contribution in [2.45, 2.75) is 284 Å². The number of unbranched alkanes of at least 4 members (excludes halogenated alkanes) is 33. The topological polar surface area (TPSA) is 78.9 Å². The quantitative estimate of drug-likeness (QED) is 0.0262. The zero-order valence-electron chi connectivity index (χ0n) is 43.0.